The molecule has 1 aromatic heterocycles. The molecule has 3 fully saturated rings. The lowest BCUT2D eigenvalue weighted by molar-refractivity contribution is -0.166. The van der Waals surface area contributed by atoms with Gasteiger partial charge >= 0.3 is 0 Å². The number of aryl methyl sites for hydroxylation is 1. The quantitative estimate of drug-likeness (QED) is 0.695. The third-order valence-electron chi connectivity index (χ3n) is 7.08. The number of hydrogen-bond donors (Lipinski definition) is 0. The zero-order valence-electron chi connectivity index (χ0n) is 17.3. The van der Waals surface area contributed by atoms with Crippen LogP contribution in [0.4, 0.5) is 0 Å². The number of aromatic nitrogens is 1. The van der Waals surface area contributed by atoms with E-state index in [1.807, 2.05) is 33.8 Å². The molecule has 3 amide bonds. The van der Waals surface area contributed by atoms with Crippen molar-refractivity contribution in [2.75, 3.05) is 26.2 Å². The van der Waals surface area contributed by atoms with E-state index >= 15 is 0 Å². The van der Waals surface area contributed by atoms with Crippen molar-refractivity contribution in [3.63, 3.8) is 0 Å². The summed E-state index contributed by atoms with van der Waals surface area (Å²) in [5, 5.41) is 3.87. The average Bonchev–Trinajstić information content (AvgIpc) is 3.40. The number of amides is 3. The first-order valence-corrected chi connectivity index (χ1v) is 11.0. The molecule has 0 N–H and O–H groups in total. The number of fused-ring (bicyclic) bond motifs is 4. The standard InChI is InChI=1S/C22H28N4O4/c1-14-9-17(30-23-14)11-20(28)25-12-15-10-16(13-25)21(22(29)24-7-2-3-8-24)26-18(15)5-4-6-19(26)27/h2-3,9,15-16,18,21H,4-8,10-13H2,1H3/t15-,16+,18-,21+/m0/s1. The molecular formula is C22H28N4O4. The Morgan fingerprint density at radius 1 is 1.17 bits per heavy atom. The fourth-order valence-corrected chi connectivity index (χ4v) is 5.78. The molecule has 8 nitrogen and oxygen atoms in total. The van der Waals surface area contributed by atoms with E-state index in [0.717, 1.165) is 25.0 Å². The molecule has 0 spiro atoms. The summed E-state index contributed by atoms with van der Waals surface area (Å²) in [6, 6.07) is 1.38. The molecular weight excluding hydrogens is 384 g/mol. The molecule has 30 heavy (non-hydrogen) atoms. The van der Waals surface area contributed by atoms with E-state index in [2.05, 4.69) is 5.16 Å². The maximum atomic E-state index is 13.4. The molecule has 4 aliphatic rings. The average molecular weight is 412 g/mol. The molecule has 4 atom stereocenters. The van der Waals surface area contributed by atoms with Gasteiger partial charge in [-0.2, -0.15) is 0 Å². The molecule has 4 aliphatic heterocycles. The number of rotatable bonds is 3. The van der Waals surface area contributed by atoms with E-state index in [1.54, 1.807) is 6.07 Å². The van der Waals surface area contributed by atoms with Gasteiger partial charge in [-0.05, 0) is 32.1 Å². The lowest BCUT2D eigenvalue weighted by atomic mass is 9.71. The smallest absolute Gasteiger partial charge is 0.246 e. The number of piperidine rings is 3. The van der Waals surface area contributed by atoms with Gasteiger partial charge in [-0.3, -0.25) is 14.4 Å². The molecule has 3 saturated heterocycles. The zero-order chi connectivity index (χ0) is 20.8. The van der Waals surface area contributed by atoms with Crippen LogP contribution in [0.5, 0.6) is 0 Å². The fourth-order valence-electron chi connectivity index (χ4n) is 5.78. The van der Waals surface area contributed by atoms with E-state index in [1.165, 1.54) is 0 Å². The van der Waals surface area contributed by atoms with Crippen LogP contribution in [-0.4, -0.2) is 75.8 Å². The number of nitrogens with zero attached hydrogens (tertiary/aromatic N) is 4. The molecule has 5 heterocycles. The van der Waals surface area contributed by atoms with Gasteiger partial charge in [0.05, 0.1) is 12.1 Å². The lowest BCUT2D eigenvalue weighted by Crippen LogP contribution is -2.68. The van der Waals surface area contributed by atoms with E-state index < -0.39 is 6.04 Å². The Balaban J connectivity index is 1.39. The van der Waals surface area contributed by atoms with Crippen molar-refractivity contribution in [1.29, 1.82) is 0 Å². The van der Waals surface area contributed by atoms with E-state index in [4.69, 9.17) is 4.52 Å². The number of carbonyl (C=O) groups is 3. The predicted octanol–water partition coefficient (Wildman–Crippen LogP) is 1.15. The maximum Gasteiger partial charge on any atom is 0.246 e. The summed E-state index contributed by atoms with van der Waals surface area (Å²) in [7, 11) is 0. The van der Waals surface area contributed by atoms with Crippen molar-refractivity contribution < 1.29 is 18.9 Å². The van der Waals surface area contributed by atoms with Crippen LogP contribution in [0.15, 0.2) is 22.7 Å². The van der Waals surface area contributed by atoms with Crippen molar-refractivity contribution in [3.8, 4) is 0 Å². The highest BCUT2D eigenvalue weighted by Gasteiger charge is 2.53. The molecule has 1 aromatic rings. The Morgan fingerprint density at radius 2 is 1.93 bits per heavy atom. The topological polar surface area (TPSA) is 87.0 Å². The molecule has 2 bridgehead atoms. The summed E-state index contributed by atoms with van der Waals surface area (Å²) in [4.78, 5) is 45.0. The highest BCUT2D eigenvalue weighted by atomic mass is 16.5. The predicted molar refractivity (Wildman–Crippen MR) is 107 cm³/mol. The summed E-state index contributed by atoms with van der Waals surface area (Å²) in [6.45, 7) is 4.19. The summed E-state index contributed by atoms with van der Waals surface area (Å²) in [5.74, 6) is 0.917. The van der Waals surface area contributed by atoms with Crippen LogP contribution in [0.3, 0.4) is 0 Å². The van der Waals surface area contributed by atoms with E-state index in [0.29, 0.717) is 38.4 Å². The van der Waals surface area contributed by atoms with Gasteiger partial charge in [0.2, 0.25) is 17.7 Å². The summed E-state index contributed by atoms with van der Waals surface area (Å²) < 4.78 is 5.23. The minimum Gasteiger partial charge on any atom is -0.361 e. The fraction of sp³-hybridized carbons (Fsp3) is 0.636. The van der Waals surface area contributed by atoms with Crippen LogP contribution in [0, 0.1) is 18.8 Å². The Hall–Kier alpha value is -2.64. The van der Waals surface area contributed by atoms with Crippen molar-refractivity contribution in [1.82, 2.24) is 19.9 Å². The maximum absolute atomic E-state index is 13.4. The summed E-state index contributed by atoms with van der Waals surface area (Å²) >= 11 is 0. The van der Waals surface area contributed by atoms with Crippen LogP contribution < -0.4 is 0 Å². The SMILES string of the molecule is Cc1cc(CC(=O)N2C[C@@H]3C[C@H](C2)[C@H](C(=O)N2CC=CC2)N2C(=O)CCC[C@@H]32)on1. The molecule has 160 valence electrons. The Kier molecular flexibility index (Phi) is 4.87. The third kappa shape index (κ3) is 3.32. The van der Waals surface area contributed by atoms with Crippen molar-refractivity contribution in [3.05, 3.63) is 29.7 Å². The highest BCUT2D eigenvalue weighted by molar-refractivity contribution is 5.89. The van der Waals surface area contributed by atoms with Gasteiger partial charge in [0.15, 0.2) is 0 Å². The zero-order valence-corrected chi connectivity index (χ0v) is 17.3. The van der Waals surface area contributed by atoms with Crippen LogP contribution in [0.2, 0.25) is 0 Å². The monoisotopic (exact) mass is 412 g/mol. The van der Waals surface area contributed by atoms with Gasteiger partial charge < -0.3 is 19.2 Å². The second kappa shape index (κ2) is 7.56. The lowest BCUT2D eigenvalue weighted by Gasteiger charge is -2.56. The van der Waals surface area contributed by atoms with Crippen molar-refractivity contribution >= 4 is 17.7 Å². The molecule has 0 unspecified atom stereocenters. The third-order valence-corrected chi connectivity index (χ3v) is 7.08. The Morgan fingerprint density at radius 3 is 2.67 bits per heavy atom. The van der Waals surface area contributed by atoms with Crippen LogP contribution in [0.25, 0.3) is 0 Å². The van der Waals surface area contributed by atoms with Gasteiger partial charge in [-0.25, -0.2) is 0 Å². The largest absolute Gasteiger partial charge is 0.361 e. The molecule has 0 aromatic carbocycles. The first-order chi connectivity index (χ1) is 14.5. The second-order valence-electron chi connectivity index (χ2n) is 9.09. The molecule has 0 aliphatic carbocycles. The van der Waals surface area contributed by atoms with Gasteiger partial charge in [0.1, 0.15) is 11.8 Å². The van der Waals surface area contributed by atoms with Crippen molar-refractivity contribution in [2.24, 2.45) is 11.8 Å². The summed E-state index contributed by atoms with van der Waals surface area (Å²) in [5.41, 5.74) is 0.759. The van der Waals surface area contributed by atoms with Crippen LogP contribution >= 0.6 is 0 Å². The minimum absolute atomic E-state index is 0.00507. The number of hydrogen-bond acceptors (Lipinski definition) is 5. The van der Waals surface area contributed by atoms with Gasteiger partial charge in [0.25, 0.3) is 0 Å². The molecule has 8 heteroatoms. The van der Waals surface area contributed by atoms with E-state index in [-0.39, 0.29) is 42.0 Å². The Labute approximate surface area is 175 Å². The minimum atomic E-state index is -0.456. The Bertz CT molecular complexity index is 885. The van der Waals surface area contributed by atoms with Gasteiger partial charge in [-0.1, -0.05) is 17.3 Å². The molecule has 5 rings (SSSR count). The molecule has 0 radical (unpaired) electrons. The van der Waals surface area contributed by atoms with Crippen LogP contribution in [0.1, 0.15) is 37.1 Å². The summed E-state index contributed by atoms with van der Waals surface area (Å²) in [6.07, 6.45) is 7.36. The van der Waals surface area contributed by atoms with Crippen molar-refractivity contribution in [2.45, 2.75) is 51.1 Å². The first-order valence-electron chi connectivity index (χ1n) is 11.0. The highest BCUT2D eigenvalue weighted by Crippen LogP contribution is 2.42. The second-order valence-corrected chi connectivity index (χ2v) is 9.09. The van der Waals surface area contributed by atoms with Crippen LogP contribution in [-0.2, 0) is 20.8 Å². The number of likely N-dealkylation sites (tertiary alicyclic amines) is 1. The molecule has 0 saturated carbocycles. The number of carbonyl (C=O) groups excluding carboxylic acids is 3. The van der Waals surface area contributed by atoms with E-state index in [9.17, 15) is 14.4 Å². The normalized spacial score (nSPS) is 30.6. The van der Waals surface area contributed by atoms with Gasteiger partial charge in [0, 0.05) is 50.6 Å². The first kappa shape index (κ1) is 19.3. The van der Waals surface area contributed by atoms with Gasteiger partial charge in [-0.15, -0.1) is 0 Å².